The number of halogens is 7. The summed E-state index contributed by atoms with van der Waals surface area (Å²) in [6, 6.07) is 12.3. The molecule has 1 saturated carbocycles. The summed E-state index contributed by atoms with van der Waals surface area (Å²) in [6.07, 6.45) is 0. The van der Waals surface area contributed by atoms with Gasteiger partial charge < -0.3 is 10.6 Å². The minimum absolute atomic E-state index is 0.0253. The van der Waals surface area contributed by atoms with Gasteiger partial charge in [-0.15, -0.1) is 11.6 Å². The van der Waals surface area contributed by atoms with Crippen LogP contribution in [0, 0.1) is 17.6 Å². The van der Waals surface area contributed by atoms with Gasteiger partial charge in [-0.2, -0.15) is 0 Å². The fraction of sp³-hybridized carbons (Fsp3) is 0.130. The van der Waals surface area contributed by atoms with Crippen LogP contribution in [-0.2, 0) is 4.79 Å². The average Bonchev–Trinajstić information content (AvgIpc) is 3.33. The monoisotopic (exact) mass is 606 g/mol. The van der Waals surface area contributed by atoms with Crippen molar-refractivity contribution in [3.05, 3.63) is 92.4 Å². The Morgan fingerprint density at radius 3 is 2.15 bits per heavy atom. The van der Waals surface area contributed by atoms with E-state index in [0.29, 0.717) is 15.6 Å². The third-order valence-corrected chi connectivity index (χ3v) is 7.48. The van der Waals surface area contributed by atoms with Crippen LogP contribution in [0.3, 0.4) is 0 Å². The van der Waals surface area contributed by atoms with Crippen molar-refractivity contribution in [1.82, 2.24) is 0 Å². The first-order valence-corrected chi connectivity index (χ1v) is 12.0. The molecule has 176 valence electrons. The van der Waals surface area contributed by atoms with Gasteiger partial charge in [0, 0.05) is 21.7 Å². The molecule has 11 heteroatoms. The van der Waals surface area contributed by atoms with Crippen LogP contribution in [-0.4, -0.2) is 15.6 Å². The van der Waals surface area contributed by atoms with E-state index in [-0.39, 0.29) is 16.3 Å². The van der Waals surface area contributed by atoms with Crippen LogP contribution < -0.4 is 10.6 Å². The van der Waals surface area contributed by atoms with Gasteiger partial charge in [0.1, 0.15) is 21.1 Å². The number of nitrogens with one attached hydrogen (secondary N) is 2. The molecule has 4 nitrogen and oxygen atoms in total. The SMILES string of the molecule is O=C(Nc1c(F)cccc1F)c1cc(NC(=O)C2C(c3cc(Cl)cc(Cl)c3)C2(Cl)Br)ccc1Cl. The molecule has 3 unspecified atom stereocenters. The summed E-state index contributed by atoms with van der Waals surface area (Å²) in [5.74, 6) is -4.25. The van der Waals surface area contributed by atoms with Gasteiger partial charge in [-0.1, -0.05) is 56.8 Å². The number of carbonyl (C=O) groups excluding carboxylic acids is 2. The number of alkyl halides is 2. The molecular formula is C23H13BrCl4F2N2O2. The van der Waals surface area contributed by atoms with Crippen LogP contribution in [0.5, 0.6) is 0 Å². The van der Waals surface area contributed by atoms with Crippen molar-refractivity contribution in [2.75, 3.05) is 10.6 Å². The smallest absolute Gasteiger partial charge is 0.257 e. The summed E-state index contributed by atoms with van der Waals surface area (Å²) in [5, 5.41) is 5.70. The van der Waals surface area contributed by atoms with E-state index >= 15 is 0 Å². The van der Waals surface area contributed by atoms with E-state index in [1.807, 2.05) is 0 Å². The van der Waals surface area contributed by atoms with Gasteiger partial charge in [-0.25, -0.2) is 8.78 Å². The molecule has 0 heterocycles. The second kappa shape index (κ2) is 9.63. The number of hydrogen-bond donors (Lipinski definition) is 2. The maximum absolute atomic E-state index is 13.9. The predicted octanol–water partition coefficient (Wildman–Crippen LogP) is 7.86. The highest BCUT2D eigenvalue weighted by Crippen LogP contribution is 2.66. The van der Waals surface area contributed by atoms with Gasteiger partial charge in [0.2, 0.25) is 5.91 Å². The Morgan fingerprint density at radius 1 is 0.912 bits per heavy atom. The van der Waals surface area contributed by atoms with Crippen molar-refractivity contribution in [3.63, 3.8) is 0 Å². The molecule has 0 aliphatic heterocycles. The van der Waals surface area contributed by atoms with Gasteiger partial charge in [-0.3, -0.25) is 9.59 Å². The first-order valence-electron chi connectivity index (χ1n) is 9.68. The van der Waals surface area contributed by atoms with E-state index in [2.05, 4.69) is 26.6 Å². The third-order valence-electron chi connectivity index (χ3n) is 5.26. The second-order valence-corrected chi connectivity index (χ2v) is 11.2. The van der Waals surface area contributed by atoms with Crippen LogP contribution in [0.1, 0.15) is 21.8 Å². The van der Waals surface area contributed by atoms with Crippen LogP contribution in [0.25, 0.3) is 0 Å². The third kappa shape index (κ3) is 5.04. The van der Waals surface area contributed by atoms with Crippen LogP contribution in [0.4, 0.5) is 20.2 Å². The van der Waals surface area contributed by atoms with E-state index in [1.165, 1.54) is 24.3 Å². The van der Waals surface area contributed by atoms with E-state index in [9.17, 15) is 18.4 Å². The maximum atomic E-state index is 13.9. The fourth-order valence-electron chi connectivity index (χ4n) is 3.62. The highest BCUT2D eigenvalue weighted by molar-refractivity contribution is 9.10. The number of benzene rings is 3. The Labute approximate surface area is 221 Å². The number of hydrogen-bond acceptors (Lipinski definition) is 2. The molecule has 1 fully saturated rings. The number of amides is 2. The molecular weight excluding hydrogens is 596 g/mol. The zero-order valence-electron chi connectivity index (χ0n) is 16.8. The van der Waals surface area contributed by atoms with Gasteiger partial charge in [0.15, 0.2) is 0 Å². The summed E-state index contributed by atoms with van der Waals surface area (Å²) in [5.41, 5.74) is 0.230. The molecule has 3 atom stereocenters. The van der Waals surface area contributed by atoms with Gasteiger partial charge in [-0.05, 0) is 54.1 Å². The van der Waals surface area contributed by atoms with Crippen molar-refractivity contribution >= 4 is 85.5 Å². The van der Waals surface area contributed by atoms with E-state index < -0.39 is 44.8 Å². The zero-order chi connectivity index (χ0) is 24.8. The minimum atomic E-state index is -1.06. The molecule has 0 radical (unpaired) electrons. The average molecular weight is 609 g/mol. The summed E-state index contributed by atoms with van der Waals surface area (Å²) >= 11 is 28.1. The molecule has 1 aliphatic carbocycles. The molecule has 3 aromatic carbocycles. The van der Waals surface area contributed by atoms with Crippen molar-refractivity contribution in [2.45, 2.75) is 9.70 Å². The largest absolute Gasteiger partial charge is 0.326 e. The summed E-state index contributed by atoms with van der Waals surface area (Å²) in [4.78, 5) is 25.6. The Hall–Kier alpha value is -1.90. The summed E-state index contributed by atoms with van der Waals surface area (Å²) < 4.78 is 26.7. The molecule has 2 amide bonds. The van der Waals surface area contributed by atoms with Crippen LogP contribution in [0.15, 0.2) is 54.6 Å². The highest BCUT2D eigenvalue weighted by atomic mass is 79.9. The molecule has 0 spiro atoms. The fourth-order valence-corrected chi connectivity index (χ4v) is 5.65. The Balaban J connectivity index is 1.53. The summed E-state index contributed by atoms with van der Waals surface area (Å²) in [7, 11) is 0. The molecule has 1 aliphatic rings. The van der Waals surface area contributed by atoms with E-state index in [0.717, 1.165) is 12.1 Å². The lowest BCUT2D eigenvalue weighted by Gasteiger charge is -2.11. The molecule has 34 heavy (non-hydrogen) atoms. The lowest BCUT2D eigenvalue weighted by Crippen LogP contribution is -2.18. The second-order valence-electron chi connectivity index (χ2n) is 7.57. The van der Waals surface area contributed by atoms with Crippen molar-refractivity contribution in [1.29, 1.82) is 0 Å². The molecule has 3 aromatic rings. The summed E-state index contributed by atoms with van der Waals surface area (Å²) in [6.45, 7) is 0. The molecule has 0 aromatic heterocycles. The van der Waals surface area contributed by atoms with Crippen molar-refractivity contribution in [2.24, 2.45) is 5.92 Å². The zero-order valence-corrected chi connectivity index (χ0v) is 21.4. The maximum Gasteiger partial charge on any atom is 0.257 e. The Kier molecular flexibility index (Phi) is 7.14. The van der Waals surface area contributed by atoms with Gasteiger partial charge >= 0.3 is 0 Å². The van der Waals surface area contributed by atoms with E-state index in [1.54, 1.807) is 18.2 Å². The molecule has 4 rings (SSSR count). The predicted molar refractivity (Wildman–Crippen MR) is 135 cm³/mol. The first kappa shape index (κ1) is 25.2. The van der Waals surface area contributed by atoms with Gasteiger partial charge in [0.05, 0.1) is 16.5 Å². The van der Waals surface area contributed by atoms with Crippen LogP contribution in [0.2, 0.25) is 15.1 Å². The topological polar surface area (TPSA) is 58.2 Å². The van der Waals surface area contributed by atoms with Crippen molar-refractivity contribution < 1.29 is 18.4 Å². The standard InChI is InChI=1S/C23H13BrCl4F2N2O2/c24-23(28)18(10-6-11(25)8-12(26)7-10)19(23)22(34)31-13-4-5-15(27)14(9-13)21(33)32-20-16(29)2-1-3-17(20)30/h1-9,18-19H,(H,31,34)(H,32,33). The Bertz CT molecular complexity index is 1280. The number of para-hydroxylation sites is 1. The highest BCUT2D eigenvalue weighted by Gasteiger charge is 2.67. The van der Waals surface area contributed by atoms with Crippen LogP contribution >= 0.6 is 62.3 Å². The molecule has 0 bridgehead atoms. The number of anilines is 2. The molecule has 2 N–H and O–H groups in total. The van der Waals surface area contributed by atoms with Crippen molar-refractivity contribution in [3.8, 4) is 0 Å². The lowest BCUT2D eigenvalue weighted by molar-refractivity contribution is -0.117. The Morgan fingerprint density at radius 2 is 1.53 bits per heavy atom. The van der Waals surface area contributed by atoms with E-state index in [4.69, 9.17) is 46.4 Å². The van der Waals surface area contributed by atoms with Gasteiger partial charge in [0.25, 0.3) is 5.91 Å². The minimum Gasteiger partial charge on any atom is -0.326 e. The molecule has 0 saturated heterocycles. The number of carbonyl (C=O) groups is 2. The number of rotatable bonds is 5. The first-order chi connectivity index (χ1) is 16.0. The quantitative estimate of drug-likeness (QED) is 0.290. The lowest BCUT2D eigenvalue weighted by atomic mass is 10.1. The normalized spacial score (nSPS) is 21.1.